The molecule has 4 atom stereocenters. The molecule has 1 aromatic rings. The molecule has 0 amide bonds. The van der Waals surface area contributed by atoms with Crippen molar-refractivity contribution in [2.75, 3.05) is 24.8 Å². The zero-order valence-corrected chi connectivity index (χ0v) is 15.0. The summed E-state index contributed by atoms with van der Waals surface area (Å²) in [6.45, 7) is 0.748. The third-order valence-electron chi connectivity index (χ3n) is 5.18. The van der Waals surface area contributed by atoms with Gasteiger partial charge in [0.05, 0.1) is 31.6 Å². The Hall–Kier alpha value is -1.29. The molecule has 0 spiro atoms. The Labute approximate surface area is 147 Å². The first-order chi connectivity index (χ1) is 12.0. The highest BCUT2D eigenvalue weighted by molar-refractivity contribution is 7.88. The number of hydrogen-bond acceptors (Lipinski definition) is 7. The van der Waals surface area contributed by atoms with Gasteiger partial charge in [0.15, 0.2) is 0 Å². The van der Waals surface area contributed by atoms with E-state index in [0.717, 1.165) is 11.9 Å². The molecule has 9 heteroatoms. The van der Waals surface area contributed by atoms with E-state index in [2.05, 4.69) is 20.0 Å². The van der Waals surface area contributed by atoms with Crippen LogP contribution >= 0.6 is 0 Å². The van der Waals surface area contributed by atoms with Gasteiger partial charge < -0.3 is 14.8 Å². The van der Waals surface area contributed by atoms with Gasteiger partial charge in [0.1, 0.15) is 12.2 Å². The average Bonchev–Trinajstić information content (AvgIpc) is 3.27. The van der Waals surface area contributed by atoms with Crippen molar-refractivity contribution in [3.63, 3.8) is 0 Å². The van der Waals surface area contributed by atoms with Crippen molar-refractivity contribution >= 4 is 16.0 Å². The van der Waals surface area contributed by atoms with E-state index in [4.69, 9.17) is 9.47 Å². The number of anilines is 1. The van der Waals surface area contributed by atoms with E-state index in [1.54, 1.807) is 6.20 Å². The summed E-state index contributed by atoms with van der Waals surface area (Å²) in [6, 6.07) is 1.56. The van der Waals surface area contributed by atoms with Gasteiger partial charge in [-0.05, 0) is 18.9 Å². The van der Waals surface area contributed by atoms with Crippen molar-refractivity contribution in [2.45, 2.75) is 55.9 Å². The number of nitrogens with one attached hydrogen (secondary N) is 2. The smallest absolute Gasteiger partial charge is 0.223 e. The fourth-order valence-electron chi connectivity index (χ4n) is 4.06. The van der Waals surface area contributed by atoms with Crippen LogP contribution in [0.3, 0.4) is 0 Å². The maximum absolute atomic E-state index is 11.5. The molecule has 1 saturated carbocycles. The van der Waals surface area contributed by atoms with Crippen molar-refractivity contribution in [1.82, 2.24) is 14.7 Å². The molecule has 1 aromatic heterocycles. The van der Waals surface area contributed by atoms with Gasteiger partial charge in [-0.15, -0.1) is 0 Å². The average molecular weight is 368 g/mol. The van der Waals surface area contributed by atoms with Crippen molar-refractivity contribution in [3.05, 3.63) is 18.0 Å². The van der Waals surface area contributed by atoms with E-state index in [1.165, 1.54) is 25.7 Å². The van der Waals surface area contributed by atoms with Gasteiger partial charge in [0.25, 0.3) is 0 Å². The first-order valence-corrected chi connectivity index (χ1v) is 10.7. The van der Waals surface area contributed by atoms with Crippen LogP contribution in [0.2, 0.25) is 0 Å². The fraction of sp³-hybridized carbons (Fsp3) is 0.750. The summed E-state index contributed by atoms with van der Waals surface area (Å²) in [5.74, 6) is 1.11. The van der Waals surface area contributed by atoms with Crippen LogP contribution < -0.4 is 10.0 Å². The lowest BCUT2D eigenvalue weighted by molar-refractivity contribution is 0.0690. The second kappa shape index (κ2) is 6.79. The van der Waals surface area contributed by atoms with Gasteiger partial charge in [-0.2, -0.15) is 0 Å². The first-order valence-electron chi connectivity index (χ1n) is 8.79. The van der Waals surface area contributed by atoms with Gasteiger partial charge in [0.2, 0.25) is 16.0 Å². The molecule has 0 bridgehead atoms. The summed E-state index contributed by atoms with van der Waals surface area (Å²) in [6.07, 6.45) is 7.35. The molecular weight excluding hydrogens is 344 g/mol. The topological polar surface area (TPSA) is 102 Å². The number of ether oxygens (including phenoxy) is 2. The number of aromatic nitrogens is 2. The quantitative estimate of drug-likeness (QED) is 0.786. The molecule has 0 unspecified atom stereocenters. The van der Waals surface area contributed by atoms with Crippen LogP contribution in [0.1, 0.15) is 37.3 Å². The summed E-state index contributed by atoms with van der Waals surface area (Å²) < 4.78 is 37.1. The highest BCUT2D eigenvalue weighted by atomic mass is 32.2. The van der Waals surface area contributed by atoms with Crippen LogP contribution in [-0.4, -0.2) is 62.1 Å². The van der Waals surface area contributed by atoms with Gasteiger partial charge in [0, 0.05) is 17.8 Å². The SMILES string of the molecule is CS(=O)(=O)N[C@@H]1CO[C@@H]2[C@@H]1OC[C@@H]2Nc1nccc(C2CCCC2)n1. The molecular formula is C16H24N4O4S. The minimum atomic E-state index is -3.29. The third kappa shape index (κ3) is 3.79. The molecule has 8 nitrogen and oxygen atoms in total. The molecule has 138 valence electrons. The summed E-state index contributed by atoms with van der Waals surface area (Å²) in [5, 5.41) is 3.31. The number of nitrogens with zero attached hydrogens (tertiary/aromatic N) is 2. The Morgan fingerprint density at radius 1 is 1.12 bits per heavy atom. The van der Waals surface area contributed by atoms with Crippen molar-refractivity contribution in [1.29, 1.82) is 0 Å². The predicted molar refractivity (Wildman–Crippen MR) is 91.9 cm³/mol. The Balaban J connectivity index is 1.42. The molecule has 2 saturated heterocycles. The summed E-state index contributed by atoms with van der Waals surface area (Å²) in [4.78, 5) is 8.99. The van der Waals surface area contributed by atoms with E-state index < -0.39 is 10.0 Å². The Morgan fingerprint density at radius 3 is 2.52 bits per heavy atom. The minimum Gasteiger partial charge on any atom is -0.371 e. The van der Waals surface area contributed by atoms with Crippen molar-refractivity contribution in [2.24, 2.45) is 0 Å². The largest absolute Gasteiger partial charge is 0.371 e. The van der Waals surface area contributed by atoms with Crippen LogP contribution in [0.25, 0.3) is 0 Å². The highest BCUT2D eigenvalue weighted by Gasteiger charge is 2.48. The molecule has 2 N–H and O–H groups in total. The summed E-state index contributed by atoms with van der Waals surface area (Å²) in [7, 11) is -3.29. The number of sulfonamides is 1. The molecule has 25 heavy (non-hydrogen) atoms. The lowest BCUT2D eigenvalue weighted by Gasteiger charge is -2.18. The van der Waals surface area contributed by atoms with Crippen LogP contribution in [0.15, 0.2) is 12.3 Å². The van der Waals surface area contributed by atoms with Crippen molar-refractivity contribution in [3.8, 4) is 0 Å². The van der Waals surface area contributed by atoms with Crippen LogP contribution in [0.4, 0.5) is 5.95 Å². The van der Waals surface area contributed by atoms with E-state index in [9.17, 15) is 8.42 Å². The minimum absolute atomic E-state index is 0.0878. The molecule has 0 radical (unpaired) electrons. The fourth-order valence-corrected chi connectivity index (χ4v) is 4.81. The van der Waals surface area contributed by atoms with Crippen molar-refractivity contribution < 1.29 is 17.9 Å². The van der Waals surface area contributed by atoms with E-state index in [1.807, 2.05) is 6.07 Å². The maximum atomic E-state index is 11.5. The standard InChI is InChI=1S/C16H24N4O4S/c1-25(21,22)20-13-9-24-14-12(8-23-15(13)14)19-16-17-7-6-11(18-16)10-4-2-3-5-10/h6-7,10,12-15,20H,2-5,8-9H2,1H3,(H,17,18,19)/t12-,13+,14-,15+/m0/s1. The normalized spacial score (nSPS) is 32.8. The predicted octanol–water partition coefficient (Wildman–Crippen LogP) is 0.630. The van der Waals surface area contributed by atoms with Gasteiger partial charge >= 0.3 is 0 Å². The first kappa shape index (κ1) is 17.1. The Kier molecular flexibility index (Phi) is 4.65. The highest BCUT2D eigenvalue weighted by Crippen LogP contribution is 2.33. The maximum Gasteiger partial charge on any atom is 0.223 e. The molecule has 1 aliphatic carbocycles. The second-order valence-electron chi connectivity index (χ2n) is 7.13. The molecule has 3 aliphatic rings. The third-order valence-corrected chi connectivity index (χ3v) is 5.91. The second-order valence-corrected chi connectivity index (χ2v) is 8.91. The van der Waals surface area contributed by atoms with E-state index >= 15 is 0 Å². The van der Waals surface area contributed by atoms with E-state index in [-0.39, 0.29) is 24.3 Å². The van der Waals surface area contributed by atoms with Crippen LogP contribution in [0.5, 0.6) is 0 Å². The Bertz CT molecular complexity index is 723. The molecule has 4 rings (SSSR count). The summed E-state index contributed by atoms with van der Waals surface area (Å²) in [5.41, 5.74) is 1.09. The molecule has 2 aliphatic heterocycles. The molecule has 0 aromatic carbocycles. The Morgan fingerprint density at radius 2 is 1.80 bits per heavy atom. The molecule has 3 heterocycles. The number of hydrogen-bond donors (Lipinski definition) is 2. The monoisotopic (exact) mass is 368 g/mol. The van der Waals surface area contributed by atoms with Crippen LogP contribution in [0, 0.1) is 0 Å². The van der Waals surface area contributed by atoms with Gasteiger partial charge in [-0.3, -0.25) is 0 Å². The van der Waals surface area contributed by atoms with E-state index in [0.29, 0.717) is 25.1 Å². The lowest BCUT2D eigenvalue weighted by Crippen LogP contribution is -2.44. The van der Waals surface area contributed by atoms with Gasteiger partial charge in [-0.1, -0.05) is 12.8 Å². The number of rotatable bonds is 5. The zero-order chi connectivity index (χ0) is 17.4. The zero-order valence-electron chi connectivity index (χ0n) is 14.2. The number of fused-ring (bicyclic) bond motifs is 1. The molecule has 3 fully saturated rings. The van der Waals surface area contributed by atoms with Gasteiger partial charge in [-0.25, -0.2) is 23.1 Å². The summed E-state index contributed by atoms with van der Waals surface area (Å²) >= 11 is 0. The lowest BCUT2D eigenvalue weighted by atomic mass is 10.0. The van der Waals surface area contributed by atoms with Crippen LogP contribution in [-0.2, 0) is 19.5 Å².